The summed E-state index contributed by atoms with van der Waals surface area (Å²) in [7, 11) is 0. The van der Waals surface area contributed by atoms with Gasteiger partial charge in [0.15, 0.2) is 0 Å². The van der Waals surface area contributed by atoms with Gasteiger partial charge in [0.05, 0.1) is 11.0 Å². The van der Waals surface area contributed by atoms with Crippen LogP contribution in [0.15, 0.2) is 58.2 Å². The highest BCUT2D eigenvalue weighted by Crippen LogP contribution is 2.24. The van der Waals surface area contributed by atoms with Crippen LogP contribution in [-0.2, 0) is 12.2 Å². The summed E-state index contributed by atoms with van der Waals surface area (Å²) in [6, 6.07) is 16.4. The number of thioether (sulfide) groups is 1. The minimum atomic E-state index is -0.0878. The lowest BCUT2D eigenvalue weighted by Gasteiger charge is -2.05. The van der Waals surface area contributed by atoms with Crippen LogP contribution in [0.1, 0.15) is 18.2 Å². The number of fused-ring (bicyclic) bond motifs is 1. The summed E-state index contributed by atoms with van der Waals surface area (Å²) < 4.78 is 0. The molecule has 0 aliphatic rings. The summed E-state index contributed by atoms with van der Waals surface area (Å²) in [5, 5.41) is 0. The Morgan fingerprint density at radius 1 is 1.14 bits per heavy atom. The molecule has 3 aromatic rings. The van der Waals surface area contributed by atoms with Crippen LogP contribution >= 0.6 is 11.8 Å². The van der Waals surface area contributed by atoms with Gasteiger partial charge in [-0.15, -0.1) is 11.8 Å². The van der Waals surface area contributed by atoms with Gasteiger partial charge in [-0.3, -0.25) is 4.79 Å². The number of benzene rings is 2. The fourth-order valence-corrected chi connectivity index (χ4v) is 3.06. The van der Waals surface area contributed by atoms with Crippen molar-refractivity contribution >= 4 is 22.8 Å². The van der Waals surface area contributed by atoms with Crippen LogP contribution in [0.4, 0.5) is 0 Å². The first kappa shape index (κ1) is 13.9. The Morgan fingerprint density at radius 2 is 1.95 bits per heavy atom. The molecule has 0 unspecified atom stereocenters. The predicted molar refractivity (Wildman–Crippen MR) is 87.7 cm³/mol. The average Bonchev–Trinajstić information content (AvgIpc) is 2.53. The maximum absolute atomic E-state index is 11.8. The molecule has 0 amide bonds. The number of aromatic amines is 1. The van der Waals surface area contributed by atoms with E-state index in [0.29, 0.717) is 12.1 Å². The molecule has 4 heteroatoms. The van der Waals surface area contributed by atoms with Crippen LogP contribution in [0.3, 0.4) is 0 Å². The number of hydrogen-bond donors (Lipinski definition) is 1. The first-order chi connectivity index (χ1) is 10.3. The standard InChI is InChI=1S/C17H16N2OS/c1-2-14-17(20)19-16-10-13(8-9-15(16)18-14)21-11-12-6-4-3-5-7-12/h3-10H,2,11H2,1H3,(H,19,20). The van der Waals surface area contributed by atoms with E-state index in [4.69, 9.17) is 0 Å². The first-order valence-corrected chi connectivity index (χ1v) is 7.94. The van der Waals surface area contributed by atoms with Crippen molar-refractivity contribution in [1.82, 2.24) is 9.97 Å². The molecule has 0 aliphatic carbocycles. The zero-order valence-electron chi connectivity index (χ0n) is 11.8. The number of hydrogen-bond acceptors (Lipinski definition) is 3. The number of rotatable bonds is 4. The monoisotopic (exact) mass is 296 g/mol. The van der Waals surface area contributed by atoms with Crippen LogP contribution in [0.5, 0.6) is 0 Å². The lowest BCUT2D eigenvalue weighted by Crippen LogP contribution is -2.14. The average molecular weight is 296 g/mol. The smallest absolute Gasteiger partial charge is 0.270 e. The number of H-pyrrole nitrogens is 1. The third-order valence-corrected chi connectivity index (χ3v) is 4.38. The second-order valence-corrected chi connectivity index (χ2v) is 5.87. The molecule has 0 aliphatic heterocycles. The summed E-state index contributed by atoms with van der Waals surface area (Å²) >= 11 is 1.75. The maximum Gasteiger partial charge on any atom is 0.270 e. The Bertz CT molecular complexity index is 812. The van der Waals surface area contributed by atoms with Crippen molar-refractivity contribution in [3.8, 4) is 0 Å². The topological polar surface area (TPSA) is 45.8 Å². The molecule has 2 aromatic carbocycles. The van der Waals surface area contributed by atoms with Gasteiger partial charge in [0.2, 0.25) is 0 Å². The molecule has 0 bridgehead atoms. The highest BCUT2D eigenvalue weighted by Gasteiger charge is 2.04. The summed E-state index contributed by atoms with van der Waals surface area (Å²) in [6.45, 7) is 1.94. The first-order valence-electron chi connectivity index (χ1n) is 6.96. The molecule has 1 aromatic heterocycles. The molecule has 21 heavy (non-hydrogen) atoms. The molecule has 0 saturated carbocycles. The van der Waals surface area contributed by atoms with Crippen molar-refractivity contribution in [2.45, 2.75) is 24.0 Å². The van der Waals surface area contributed by atoms with Gasteiger partial charge in [-0.05, 0) is 30.2 Å². The largest absolute Gasteiger partial charge is 0.319 e. The molecular formula is C17H16N2OS. The molecule has 0 atom stereocenters. The van der Waals surface area contributed by atoms with Crippen LogP contribution in [0.25, 0.3) is 11.0 Å². The van der Waals surface area contributed by atoms with Gasteiger partial charge in [0.25, 0.3) is 5.56 Å². The zero-order chi connectivity index (χ0) is 14.7. The van der Waals surface area contributed by atoms with Crippen molar-refractivity contribution in [2.75, 3.05) is 0 Å². The molecule has 3 nitrogen and oxygen atoms in total. The molecular weight excluding hydrogens is 280 g/mol. The number of nitrogens with one attached hydrogen (secondary N) is 1. The quantitative estimate of drug-likeness (QED) is 0.745. The molecule has 0 saturated heterocycles. The van der Waals surface area contributed by atoms with Crippen molar-refractivity contribution in [1.29, 1.82) is 0 Å². The summed E-state index contributed by atoms with van der Waals surface area (Å²) in [4.78, 5) is 20.3. The second kappa shape index (κ2) is 6.14. The third-order valence-electron chi connectivity index (χ3n) is 3.32. The van der Waals surface area contributed by atoms with Gasteiger partial charge >= 0.3 is 0 Å². The van der Waals surface area contributed by atoms with Crippen LogP contribution in [-0.4, -0.2) is 9.97 Å². The highest BCUT2D eigenvalue weighted by molar-refractivity contribution is 7.98. The van der Waals surface area contributed by atoms with Gasteiger partial charge in [-0.2, -0.15) is 0 Å². The van der Waals surface area contributed by atoms with E-state index in [1.54, 1.807) is 11.8 Å². The van der Waals surface area contributed by atoms with Gasteiger partial charge in [0.1, 0.15) is 5.69 Å². The lowest BCUT2D eigenvalue weighted by atomic mass is 10.2. The van der Waals surface area contributed by atoms with E-state index in [9.17, 15) is 4.79 Å². The SMILES string of the molecule is CCc1nc2ccc(SCc3ccccc3)cc2[nH]c1=O. The lowest BCUT2D eigenvalue weighted by molar-refractivity contribution is 0.995. The van der Waals surface area contributed by atoms with Crippen LogP contribution in [0, 0.1) is 0 Å². The highest BCUT2D eigenvalue weighted by atomic mass is 32.2. The summed E-state index contributed by atoms with van der Waals surface area (Å²) in [6.07, 6.45) is 0.649. The Balaban J connectivity index is 1.86. The normalized spacial score (nSPS) is 10.9. The van der Waals surface area contributed by atoms with Gasteiger partial charge in [-0.1, -0.05) is 37.3 Å². The van der Waals surface area contributed by atoms with E-state index < -0.39 is 0 Å². The fourth-order valence-electron chi connectivity index (χ4n) is 2.17. The van der Waals surface area contributed by atoms with Crippen molar-refractivity contribution in [2.24, 2.45) is 0 Å². The molecule has 0 fully saturated rings. The van der Waals surface area contributed by atoms with E-state index in [1.807, 2.05) is 37.3 Å². The zero-order valence-corrected chi connectivity index (χ0v) is 12.6. The van der Waals surface area contributed by atoms with Crippen LogP contribution < -0.4 is 5.56 Å². The molecule has 0 radical (unpaired) electrons. The van der Waals surface area contributed by atoms with Crippen LogP contribution in [0.2, 0.25) is 0 Å². The summed E-state index contributed by atoms with van der Waals surface area (Å²) in [5.74, 6) is 0.914. The van der Waals surface area contributed by atoms with E-state index in [2.05, 4.69) is 28.2 Å². The minimum Gasteiger partial charge on any atom is -0.319 e. The van der Waals surface area contributed by atoms with Crippen molar-refractivity contribution in [3.05, 3.63) is 70.1 Å². The minimum absolute atomic E-state index is 0.0878. The Morgan fingerprint density at radius 3 is 2.71 bits per heavy atom. The molecule has 106 valence electrons. The van der Waals surface area contributed by atoms with E-state index in [1.165, 1.54) is 5.56 Å². The Hall–Kier alpha value is -2.07. The summed E-state index contributed by atoms with van der Waals surface area (Å²) in [5.41, 5.74) is 3.43. The number of aromatic nitrogens is 2. The van der Waals surface area contributed by atoms with Gasteiger partial charge < -0.3 is 4.98 Å². The third kappa shape index (κ3) is 3.16. The molecule has 0 spiro atoms. The van der Waals surface area contributed by atoms with Crippen molar-refractivity contribution < 1.29 is 0 Å². The van der Waals surface area contributed by atoms with E-state index in [0.717, 1.165) is 21.7 Å². The Labute approximate surface area is 127 Å². The number of aryl methyl sites for hydroxylation is 1. The molecule has 1 heterocycles. The van der Waals surface area contributed by atoms with Crippen molar-refractivity contribution in [3.63, 3.8) is 0 Å². The fraction of sp³-hybridized carbons (Fsp3) is 0.176. The predicted octanol–water partition coefficient (Wildman–Crippen LogP) is 3.78. The second-order valence-electron chi connectivity index (χ2n) is 4.82. The molecule has 1 N–H and O–H groups in total. The number of nitrogens with zero attached hydrogens (tertiary/aromatic N) is 1. The molecule has 3 rings (SSSR count). The van der Waals surface area contributed by atoms with Gasteiger partial charge in [-0.25, -0.2) is 4.98 Å². The maximum atomic E-state index is 11.8. The van der Waals surface area contributed by atoms with Gasteiger partial charge in [0, 0.05) is 10.6 Å². The Kier molecular flexibility index (Phi) is 4.06. The van der Waals surface area contributed by atoms with E-state index >= 15 is 0 Å². The van der Waals surface area contributed by atoms with E-state index in [-0.39, 0.29) is 5.56 Å².